The molecular weight excluding hydrogens is 434 g/mol. The highest BCUT2D eigenvalue weighted by Crippen LogP contribution is 2.30. The Kier molecular flexibility index (Phi) is 6.17. The van der Waals surface area contributed by atoms with Gasteiger partial charge < -0.3 is 19.9 Å². The van der Waals surface area contributed by atoms with Crippen molar-refractivity contribution in [3.63, 3.8) is 0 Å². The molecule has 6 nitrogen and oxygen atoms in total. The third kappa shape index (κ3) is 4.52. The van der Waals surface area contributed by atoms with Crippen LogP contribution in [0.25, 0.3) is 10.9 Å². The molecule has 1 fully saturated rings. The van der Waals surface area contributed by atoms with Gasteiger partial charge in [-0.25, -0.2) is 4.98 Å². The number of piperazine rings is 1. The van der Waals surface area contributed by atoms with E-state index in [1.807, 2.05) is 66.7 Å². The summed E-state index contributed by atoms with van der Waals surface area (Å²) in [6.45, 7) is 4.01. The fraction of sp³-hybridized carbons (Fsp3) is 0.231. The minimum Gasteiger partial charge on any atom is -0.495 e. The normalized spacial score (nSPS) is 13.9. The topological polar surface area (TPSA) is 53.5 Å². The molecule has 4 aromatic rings. The molecule has 2 heterocycles. The van der Waals surface area contributed by atoms with Crippen LogP contribution in [0.1, 0.15) is 5.56 Å². The van der Waals surface area contributed by atoms with Crippen molar-refractivity contribution in [2.75, 3.05) is 48.4 Å². The first-order chi connectivity index (χ1) is 16.2. The predicted molar refractivity (Wildman–Crippen MR) is 136 cm³/mol. The number of nitrogens with one attached hydrogen (secondary N) is 1. The molecular formula is C26H26ClN5O. The third-order valence-corrected chi connectivity index (χ3v) is 6.35. The quantitative estimate of drug-likeness (QED) is 0.426. The lowest BCUT2D eigenvalue weighted by Gasteiger charge is -2.36. The average molecular weight is 460 g/mol. The summed E-state index contributed by atoms with van der Waals surface area (Å²) in [6, 6.07) is 24.1. The first-order valence-electron chi connectivity index (χ1n) is 11.1. The standard InChI is InChI=1S/C26H26ClN5O/c1-33-24-13-7-6-12-23(24)31-14-16-32(17-15-31)26-29-22-11-5-3-9-20(22)25(30-26)28-18-19-8-2-4-10-21(19)27/h2-13H,14-18H2,1H3,(H,28,29,30). The number of nitrogens with zero attached hydrogens (tertiary/aromatic N) is 4. The van der Waals surface area contributed by atoms with Crippen molar-refractivity contribution in [3.8, 4) is 5.75 Å². The van der Waals surface area contributed by atoms with Crippen molar-refractivity contribution < 1.29 is 4.74 Å². The molecule has 33 heavy (non-hydrogen) atoms. The van der Waals surface area contributed by atoms with Gasteiger partial charge >= 0.3 is 0 Å². The molecule has 1 saturated heterocycles. The van der Waals surface area contributed by atoms with E-state index < -0.39 is 0 Å². The summed E-state index contributed by atoms with van der Waals surface area (Å²) in [7, 11) is 1.72. The molecule has 5 rings (SSSR count). The lowest BCUT2D eigenvalue weighted by Crippen LogP contribution is -2.47. The molecule has 0 radical (unpaired) electrons. The van der Waals surface area contributed by atoms with Gasteiger partial charge in [0.05, 0.1) is 18.3 Å². The number of anilines is 3. The number of aromatic nitrogens is 2. The number of methoxy groups -OCH3 is 1. The van der Waals surface area contributed by atoms with E-state index >= 15 is 0 Å². The molecule has 0 spiro atoms. The Morgan fingerprint density at radius 1 is 0.848 bits per heavy atom. The van der Waals surface area contributed by atoms with Gasteiger partial charge in [-0.1, -0.05) is 54.1 Å². The zero-order valence-corrected chi connectivity index (χ0v) is 19.3. The number of halogens is 1. The molecule has 0 unspecified atom stereocenters. The van der Waals surface area contributed by atoms with E-state index in [4.69, 9.17) is 26.3 Å². The maximum absolute atomic E-state index is 6.35. The van der Waals surface area contributed by atoms with Crippen LogP contribution in [0.3, 0.4) is 0 Å². The number of ether oxygens (including phenoxy) is 1. The number of hydrogen-bond donors (Lipinski definition) is 1. The number of fused-ring (bicyclic) bond motifs is 1. The molecule has 7 heteroatoms. The van der Waals surface area contributed by atoms with E-state index in [2.05, 4.69) is 21.2 Å². The molecule has 0 bridgehead atoms. The Morgan fingerprint density at radius 2 is 1.55 bits per heavy atom. The van der Waals surface area contributed by atoms with Crippen LogP contribution in [0.4, 0.5) is 17.5 Å². The largest absolute Gasteiger partial charge is 0.495 e. The lowest BCUT2D eigenvalue weighted by atomic mass is 10.2. The molecule has 1 N–H and O–H groups in total. The Morgan fingerprint density at radius 3 is 2.36 bits per heavy atom. The SMILES string of the molecule is COc1ccccc1N1CCN(c2nc(NCc3ccccc3Cl)c3ccccc3n2)CC1. The summed E-state index contributed by atoms with van der Waals surface area (Å²) in [5, 5.41) is 5.23. The Hall–Kier alpha value is -3.51. The van der Waals surface area contributed by atoms with Crippen LogP contribution in [0, 0.1) is 0 Å². The smallest absolute Gasteiger partial charge is 0.228 e. The maximum Gasteiger partial charge on any atom is 0.228 e. The van der Waals surface area contributed by atoms with E-state index in [1.54, 1.807) is 7.11 Å². The van der Waals surface area contributed by atoms with Gasteiger partial charge in [-0.05, 0) is 35.9 Å². The van der Waals surface area contributed by atoms with E-state index in [0.717, 1.165) is 70.9 Å². The van der Waals surface area contributed by atoms with Gasteiger partial charge in [-0.2, -0.15) is 4.98 Å². The number of hydrogen-bond acceptors (Lipinski definition) is 6. The van der Waals surface area contributed by atoms with E-state index in [-0.39, 0.29) is 0 Å². The van der Waals surface area contributed by atoms with Crippen molar-refractivity contribution in [2.24, 2.45) is 0 Å². The van der Waals surface area contributed by atoms with Crippen molar-refractivity contribution in [2.45, 2.75) is 6.54 Å². The van der Waals surface area contributed by atoms with Gasteiger partial charge in [-0.15, -0.1) is 0 Å². The number of para-hydroxylation sites is 3. The second-order valence-corrected chi connectivity index (χ2v) is 8.39. The van der Waals surface area contributed by atoms with Crippen LogP contribution in [0.15, 0.2) is 72.8 Å². The van der Waals surface area contributed by atoms with Gasteiger partial charge in [0.15, 0.2) is 0 Å². The molecule has 0 aliphatic carbocycles. The zero-order chi connectivity index (χ0) is 22.6. The van der Waals surface area contributed by atoms with Crippen LogP contribution < -0.4 is 19.9 Å². The number of rotatable bonds is 6. The zero-order valence-electron chi connectivity index (χ0n) is 18.5. The highest BCUT2D eigenvalue weighted by molar-refractivity contribution is 6.31. The minimum atomic E-state index is 0.599. The second-order valence-electron chi connectivity index (χ2n) is 7.98. The molecule has 168 valence electrons. The van der Waals surface area contributed by atoms with Gasteiger partial charge in [0.25, 0.3) is 0 Å². The van der Waals surface area contributed by atoms with Gasteiger partial charge in [0.2, 0.25) is 5.95 Å². The summed E-state index contributed by atoms with van der Waals surface area (Å²) in [4.78, 5) is 14.4. The minimum absolute atomic E-state index is 0.599. The molecule has 3 aromatic carbocycles. The summed E-state index contributed by atoms with van der Waals surface area (Å²) >= 11 is 6.35. The Balaban J connectivity index is 1.37. The van der Waals surface area contributed by atoms with Crippen molar-refractivity contribution in [1.82, 2.24) is 9.97 Å². The third-order valence-electron chi connectivity index (χ3n) is 5.98. The molecule has 1 aliphatic rings. The van der Waals surface area contributed by atoms with Crippen LogP contribution in [-0.2, 0) is 6.54 Å². The first-order valence-corrected chi connectivity index (χ1v) is 11.5. The van der Waals surface area contributed by atoms with E-state index in [9.17, 15) is 0 Å². The fourth-order valence-electron chi connectivity index (χ4n) is 4.20. The van der Waals surface area contributed by atoms with Crippen molar-refractivity contribution in [1.29, 1.82) is 0 Å². The van der Waals surface area contributed by atoms with E-state index in [1.165, 1.54) is 0 Å². The van der Waals surface area contributed by atoms with Crippen LogP contribution in [-0.4, -0.2) is 43.3 Å². The van der Waals surface area contributed by atoms with Crippen LogP contribution >= 0.6 is 11.6 Å². The maximum atomic E-state index is 6.35. The van der Waals surface area contributed by atoms with Crippen molar-refractivity contribution in [3.05, 3.63) is 83.4 Å². The summed E-state index contributed by atoms with van der Waals surface area (Å²) < 4.78 is 5.55. The highest BCUT2D eigenvalue weighted by atomic mass is 35.5. The van der Waals surface area contributed by atoms with Crippen LogP contribution in [0.5, 0.6) is 5.75 Å². The number of benzene rings is 3. The van der Waals surface area contributed by atoms with Crippen molar-refractivity contribution >= 4 is 40.0 Å². The Bertz CT molecular complexity index is 1260. The average Bonchev–Trinajstić information content (AvgIpc) is 2.88. The van der Waals surface area contributed by atoms with Gasteiger partial charge in [0, 0.05) is 43.1 Å². The first kappa shape index (κ1) is 21.3. The molecule has 0 atom stereocenters. The lowest BCUT2D eigenvalue weighted by molar-refractivity contribution is 0.413. The predicted octanol–water partition coefficient (Wildman–Crippen LogP) is 5.23. The summed E-state index contributed by atoms with van der Waals surface area (Å²) in [5.41, 5.74) is 3.09. The van der Waals surface area contributed by atoms with E-state index in [0.29, 0.717) is 6.54 Å². The Labute approximate surface area is 198 Å². The second kappa shape index (κ2) is 9.55. The summed E-state index contributed by atoms with van der Waals surface area (Å²) in [6.07, 6.45) is 0. The van der Waals surface area contributed by atoms with Gasteiger partial charge in [0.1, 0.15) is 11.6 Å². The van der Waals surface area contributed by atoms with Crippen LogP contribution in [0.2, 0.25) is 5.02 Å². The highest BCUT2D eigenvalue weighted by Gasteiger charge is 2.22. The van der Waals surface area contributed by atoms with Gasteiger partial charge in [-0.3, -0.25) is 0 Å². The fourth-order valence-corrected chi connectivity index (χ4v) is 4.40. The molecule has 1 aliphatic heterocycles. The molecule has 0 saturated carbocycles. The molecule has 1 aromatic heterocycles. The molecule has 0 amide bonds. The monoisotopic (exact) mass is 459 g/mol. The summed E-state index contributed by atoms with van der Waals surface area (Å²) in [5.74, 6) is 2.47.